The van der Waals surface area contributed by atoms with E-state index < -0.39 is 10.8 Å². The van der Waals surface area contributed by atoms with E-state index in [1.54, 1.807) is 6.07 Å². The monoisotopic (exact) mass is 350 g/mol. The first-order valence-electron chi connectivity index (χ1n) is 7.82. The second-order valence-corrected chi connectivity index (χ2v) is 5.85. The predicted octanol–water partition coefficient (Wildman–Crippen LogP) is 3.98. The molecule has 7 heteroatoms. The Hall–Kier alpha value is -3.66. The van der Waals surface area contributed by atoms with Crippen molar-refractivity contribution in [2.75, 3.05) is 10.6 Å². The Kier molecular flexibility index (Phi) is 5.71. The molecule has 132 valence electrons. The molecule has 0 atom stereocenters. The molecule has 0 aliphatic heterocycles. The molecule has 2 aromatic rings. The van der Waals surface area contributed by atoms with Crippen molar-refractivity contribution in [3.05, 3.63) is 75.0 Å². The van der Waals surface area contributed by atoms with E-state index in [1.165, 1.54) is 24.4 Å². The number of aryl methyl sites for hydroxylation is 3. The Bertz CT molecular complexity index is 919. The van der Waals surface area contributed by atoms with E-state index >= 15 is 0 Å². The fourth-order valence-corrected chi connectivity index (χ4v) is 2.57. The molecule has 0 heterocycles. The lowest BCUT2D eigenvalue weighted by Crippen LogP contribution is -2.16. The van der Waals surface area contributed by atoms with E-state index in [1.807, 2.05) is 39.0 Å². The maximum absolute atomic E-state index is 12.4. The average molecular weight is 350 g/mol. The number of nitrogens with one attached hydrogen (secondary N) is 2. The minimum Gasteiger partial charge on any atom is -0.360 e. The molecule has 0 spiro atoms. The third-order valence-electron chi connectivity index (χ3n) is 3.72. The van der Waals surface area contributed by atoms with Crippen LogP contribution in [0.4, 0.5) is 17.1 Å². The van der Waals surface area contributed by atoms with Crippen LogP contribution >= 0.6 is 0 Å². The van der Waals surface area contributed by atoms with E-state index in [0.29, 0.717) is 11.4 Å². The predicted molar refractivity (Wildman–Crippen MR) is 99.7 cm³/mol. The van der Waals surface area contributed by atoms with Crippen LogP contribution in [-0.2, 0) is 4.79 Å². The highest BCUT2D eigenvalue weighted by Crippen LogP contribution is 2.22. The van der Waals surface area contributed by atoms with Gasteiger partial charge in [-0.2, -0.15) is 5.26 Å². The number of hydrogen-bond acceptors (Lipinski definition) is 5. The second-order valence-electron chi connectivity index (χ2n) is 5.85. The van der Waals surface area contributed by atoms with E-state index in [2.05, 4.69) is 10.6 Å². The molecule has 0 bridgehead atoms. The first-order valence-corrected chi connectivity index (χ1v) is 7.82. The lowest BCUT2D eigenvalue weighted by atomic mass is 10.0. The molecule has 0 radical (unpaired) electrons. The first kappa shape index (κ1) is 18.7. The van der Waals surface area contributed by atoms with Crippen LogP contribution in [-0.4, -0.2) is 10.8 Å². The smallest absolute Gasteiger partial charge is 0.271 e. The third-order valence-corrected chi connectivity index (χ3v) is 3.72. The molecular formula is C19H18N4O3. The topological polar surface area (TPSA) is 108 Å². The Morgan fingerprint density at radius 3 is 2.42 bits per heavy atom. The molecule has 2 aromatic carbocycles. The molecule has 0 aliphatic rings. The molecule has 0 saturated carbocycles. The third kappa shape index (κ3) is 4.45. The van der Waals surface area contributed by atoms with Crippen LogP contribution in [0, 0.1) is 42.2 Å². The average Bonchev–Trinajstić information content (AvgIpc) is 2.58. The number of benzene rings is 2. The van der Waals surface area contributed by atoms with E-state index in [4.69, 9.17) is 0 Å². The van der Waals surface area contributed by atoms with Crippen molar-refractivity contribution in [2.24, 2.45) is 0 Å². The molecule has 26 heavy (non-hydrogen) atoms. The first-order chi connectivity index (χ1) is 12.3. The Balaban J connectivity index is 2.19. The van der Waals surface area contributed by atoms with Gasteiger partial charge in [0, 0.05) is 29.7 Å². The number of non-ortho nitro benzene ring substituents is 1. The molecule has 0 fully saturated rings. The number of carbonyl (C=O) groups is 1. The van der Waals surface area contributed by atoms with E-state index in [-0.39, 0.29) is 11.3 Å². The highest BCUT2D eigenvalue weighted by molar-refractivity contribution is 6.07. The number of hydrogen-bond donors (Lipinski definition) is 2. The van der Waals surface area contributed by atoms with Gasteiger partial charge in [0.05, 0.1) is 4.92 Å². The summed E-state index contributed by atoms with van der Waals surface area (Å²) in [4.78, 5) is 22.7. The SMILES string of the molecule is Cc1cc(C)c(NC(=O)/C(C#N)=C\Nc2cccc([N+](=O)[O-])c2)c(C)c1. The molecule has 0 saturated heterocycles. The van der Waals surface area contributed by atoms with Crippen LogP contribution in [0.25, 0.3) is 0 Å². The van der Waals surface area contributed by atoms with Crippen LogP contribution in [0.3, 0.4) is 0 Å². The fourth-order valence-electron chi connectivity index (χ4n) is 2.57. The molecule has 0 aliphatic carbocycles. The van der Waals surface area contributed by atoms with Crippen LogP contribution in [0.15, 0.2) is 48.2 Å². The Labute approximate surface area is 151 Å². The van der Waals surface area contributed by atoms with Gasteiger partial charge in [-0.3, -0.25) is 14.9 Å². The standard InChI is InChI=1S/C19H18N4O3/c1-12-7-13(2)18(14(3)8-12)22-19(24)15(10-20)11-21-16-5-4-6-17(9-16)23(25)26/h4-9,11,21H,1-3H3,(H,22,24)/b15-11-. The lowest BCUT2D eigenvalue weighted by Gasteiger charge is -2.12. The van der Waals surface area contributed by atoms with E-state index in [0.717, 1.165) is 16.7 Å². The van der Waals surface area contributed by atoms with Crippen molar-refractivity contribution < 1.29 is 9.72 Å². The van der Waals surface area contributed by atoms with E-state index in [9.17, 15) is 20.2 Å². The molecule has 1 amide bonds. The zero-order chi connectivity index (χ0) is 19.3. The summed E-state index contributed by atoms with van der Waals surface area (Å²) in [5, 5.41) is 25.5. The Morgan fingerprint density at radius 2 is 1.85 bits per heavy atom. The lowest BCUT2D eigenvalue weighted by molar-refractivity contribution is -0.384. The van der Waals surface area contributed by atoms with Gasteiger partial charge in [0.2, 0.25) is 0 Å². The number of anilines is 2. The van der Waals surface area contributed by atoms with Crippen molar-refractivity contribution >= 4 is 23.0 Å². The van der Waals surface area contributed by atoms with Crippen LogP contribution in [0.5, 0.6) is 0 Å². The summed E-state index contributed by atoms with van der Waals surface area (Å²) in [6.45, 7) is 5.73. The Morgan fingerprint density at radius 1 is 1.19 bits per heavy atom. The zero-order valence-electron chi connectivity index (χ0n) is 14.7. The van der Waals surface area contributed by atoms with Crippen LogP contribution < -0.4 is 10.6 Å². The number of nitriles is 1. The quantitative estimate of drug-likeness (QED) is 0.367. The highest BCUT2D eigenvalue weighted by atomic mass is 16.6. The summed E-state index contributed by atoms with van der Waals surface area (Å²) >= 11 is 0. The minimum atomic E-state index is -0.555. The summed E-state index contributed by atoms with van der Waals surface area (Å²) in [6.07, 6.45) is 1.23. The van der Waals surface area contributed by atoms with Crippen molar-refractivity contribution in [3.8, 4) is 6.07 Å². The van der Waals surface area contributed by atoms with Gasteiger partial charge in [0.15, 0.2) is 0 Å². The van der Waals surface area contributed by atoms with Gasteiger partial charge in [0.1, 0.15) is 11.6 Å². The maximum atomic E-state index is 12.4. The molecule has 2 N–H and O–H groups in total. The fraction of sp³-hybridized carbons (Fsp3) is 0.158. The van der Waals surface area contributed by atoms with Gasteiger partial charge >= 0.3 is 0 Å². The molecule has 0 unspecified atom stereocenters. The number of nitro groups is 1. The van der Waals surface area contributed by atoms with Crippen LogP contribution in [0.1, 0.15) is 16.7 Å². The summed E-state index contributed by atoms with van der Waals surface area (Å²) in [6, 6.07) is 11.5. The van der Waals surface area contributed by atoms with Gasteiger partial charge in [-0.15, -0.1) is 0 Å². The zero-order valence-corrected chi connectivity index (χ0v) is 14.7. The van der Waals surface area contributed by atoms with Crippen molar-refractivity contribution in [1.29, 1.82) is 5.26 Å². The summed E-state index contributed by atoms with van der Waals surface area (Å²) in [7, 11) is 0. The molecule has 7 nitrogen and oxygen atoms in total. The summed E-state index contributed by atoms with van der Waals surface area (Å²) < 4.78 is 0. The normalized spacial score (nSPS) is 10.8. The highest BCUT2D eigenvalue weighted by Gasteiger charge is 2.13. The number of nitrogens with zero attached hydrogens (tertiary/aromatic N) is 2. The summed E-state index contributed by atoms with van der Waals surface area (Å²) in [5.41, 5.74) is 3.73. The second kappa shape index (κ2) is 7.94. The number of carbonyl (C=O) groups excluding carboxylic acids is 1. The van der Waals surface area contributed by atoms with Crippen LogP contribution in [0.2, 0.25) is 0 Å². The number of rotatable bonds is 5. The maximum Gasteiger partial charge on any atom is 0.271 e. The molecule has 2 rings (SSSR count). The molecule has 0 aromatic heterocycles. The number of nitro benzene ring substituents is 1. The van der Waals surface area contributed by atoms with Crippen molar-refractivity contribution in [3.63, 3.8) is 0 Å². The molecular weight excluding hydrogens is 332 g/mol. The summed E-state index contributed by atoms with van der Waals surface area (Å²) in [5.74, 6) is -0.555. The van der Waals surface area contributed by atoms with Gasteiger partial charge < -0.3 is 10.6 Å². The minimum absolute atomic E-state index is 0.0859. The van der Waals surface area contributed by atoms with Crippen molar-refractivity contribution in [1.82, 2.24) is 0 Å². The van der Waals surface area contributed by atoms with Gasteiger partial charge in [0.25, 0.3) is 11.6 Å². The largest absolute Gasteiger partial charge is 0.360 e. The van der Waals surface area contributed by atoms with Gasteiger partial charge in [-0.1, -0.05) is 23.8 Å². The van der Waals surface area contributed by atoms with Crippen molar-refractivity contribution in [2.45, 2.75) is 20.8 Å². The van der Waals surface area contributed by atoms with Gasteiger partial charge in [-0.05, 0) is 38.0 Å². The van der Waals surface area contributed by atoms with Gasteiger partial charge in [-0.25, -0.2) is 0 Å². The number of amides is 1.